The third kappa shape index (κ3) is 7.06. The number of carbonyl (C=O) groups excluding carboxylic acids is 1. The van der Waals surface area contributed by atoms with E-state index in [1.807, 2.05) is 33.8 Å². The van der Waals surface area contributed by atoms with Gasteiger partial charge in [-0.1, -0.05) is 11.6 Å². The number of nitro groups is 1. The summed E-state index contributed by atoms with van der Waals surface area (Å²) in [5.74, 6) is 0. The minimum Gasteiger partial charge on any atom is -0.377 e. The van der Waals surface area contributed by atoms with Crippen LogP contribution in [0.25, 0.3) is 5.57 Å². The van der Waals surface area contributed by atoms with Gasteiger partial charge in [-0.3, -0.25) is 14.9 Å². The summed E-state index contributed by atoms with van der Waals surface area (Å²) in [6.45, 7) is 8.67. The molecule has 0 radical (unpaired) electrons. The van der Waals surface area contributed by atoms with E-state index in [1.54, 1.807) is 25.4 Å². The summed E-state index contributed by atoms with van der Waals surface area (Å²) in [6, 6.07) is 4.86. The van der Waals surface area contributed by atoms with E-state index in [0.717, 1.165) is 16.7 Å². The molecule has 1 aromatic rings. The Balaban J connectivity index is 3.20. The summed E-state index contributed by atoms with van der Waals surface area (Å²) in [7, 11) is 1.64. The van der Waals surface area contributed by atoms with Gasteiger partial charge in [0.1, 0.15) is 5.69 Å². The molecule has 142 valence electrons. The van der Waals surface area contributed by atoms with Crippen molar-refractivity contribution in [2.45, 2.75) is 33.8 Å². The number of nitro benzene ring substituents is 1. The van der Waals surface area contributed by atoms with Gasteiger partial charge < -0.3 is 15.0 Å². The first-order valence-corrected chi connectivity index (χ1v) is 8.42. The Kier molecular flexibility index (Phi) is 8.51. The summed E-state index contributed by atoms with van der Waals surface area (Å²) in [5, 5.41) is 14.4. The van der Waals surface area contributed by atoms with Crippen molar-refractivity contribution in [3.8, 4) is 0 Å². The summed E-state index contributed by atoms with van der Waals surface area (Å²) in [5.41, 5.74) is 3.03. The summed E-state index contributed by atoms with van der Waals surface area (Å²) < 4.78 is 5.46. The average Bonchev–Trinajstić information content (AvgIpc) is 2.57. The lowest BCUT2D eigenvalue weighted by atomic mass is 10.0. The fourth-order valence-electron chi connectivity index (χ4n) is 2.25. The lowest BCUT2D eigenvalue weighted by Crippen LogP contribution is -2.14. The predicted molar refractivity (Wildman–Crippen MR) is 104 cm³/mol. The maximum absolute atomic E-state index is 11.3. The van der Waals surface area contributed by atoms with Crippen LogP contribution in [-0.4, -0.2) is 42.5 Å². The van der Waals surface area contributed by atoms with Gasteiger partial charge in [0, 0.05) is 25.9 Å². The second kappa shape index (κ2) is 10.4. The Morgan fingerprint density at radius 3 is 2.62 bits per heavy atom. The molecule has 0 unspecified atom stereocenters. The molecule has 0 saturated carbocycles. The normalized spacial score (nSPS) is 11.2. The highest BCUT2D eigenvalue weighted by atomic mass is 16.6. The number of allylic oxidation sites excluding steroid dienone is 3. The lowest BCUT2D eigenvalue weighted by molar-refractivity contribution is -0.384. The van der Waals surface area contributed by atoms with Crippen LogP contribution in [-0.2, 0) is 9.53 Å². The molecule has 0 fully saturated rings. The summed E-state index contributed by atoms with van der Waals surface area (Å²) >= 11 is 0. The maximum atomic E-state index is 11.3. The standard InChI is InChI=1S/C19H27N3O4/c1-14(2)10-17(12-21(5)13-23)16-6-7-19(22(24)25)18(11-16)20-8-9-26-15(3)4/h6-7,10-13,15,20H,8-9H2,1-5H3/b17-12+. The zero-order chi connectivity index (χ0) is 19.7. The highest BCUT2D eigenvalue weighted by molar-refractivity contribution is 5.79. The first-order valence-electron chi connectivity index (χ1n) is 8.42. The molecule has 1 aromatic carbocycles. The summed E-state index contributed by atoms with van der Waals surface area (Å²) in [4.78, 5) is 23.2. The van der Waals surface area contributed by atoms with Crippen molar-refractivity contribution in [2.24, 2.45) is 0 Å². The van der Waals surface area contributed by atoms with Crippen LogP contribution in [0.4, 0.5) is 11.4 Å². The van der Waals surface area contributed by atoms with E-state index in [1.165, 1.54) is 11.0 Å². The van der Waals surface area contributed by atoms with Crippen molar-refractivity contribution in [3.05, 3.63) is 51.7 Å². The van der Waals surface area contributed by atoms with Crippen LogP contribution in [0.1, 0.15) is 33.3 Å². The maximum Gasteiger partial charge on any atom is 0.292 e. The first-order chi connectivity index (χ1) is 12.2. The van der Waals surface area contributed by atoms with Crippen LogP contribution >= 0.6 is 0 Å². The van der Waals surface area contributed by atoms with E-state index in [0.29, 0.717) is 25.2 Å². The Bertz CT molecular complexity index is 692. The molecule has 7 heteroatoms. The van der Waals surface area contributed by atoms with Crippen molar-refractivity contribution in [2.75, 3.05) is 25.5 Å². The molecular formula is C19H27N3O4. The largest absolute Gasteiger partial charge is 0.377 e. The topological polar surface area (TPSA) is 84.7 Å². The molecule has 0 aromatic heterocycles. The fourth-order valence-corrected chi connectivity index (χ4v) is 2.25. The molecule has 0 atom stereocenters. The van der Waals surface area contributed by atoms with Crippen LogP contribution in [0.3, 0.4) is 0 Å². The van der Waals surface area contributed by atoms with E-state index in [9.17, 15) is 14.9 Å². The van der Waals surface area contributed by atoms with Gasteiger partial charge >= 0.3 is 0 Å². The van der Waals surface area contributed by atoms with Gasteiger partial charge in [0.25, 0.3) is 5.69 Å². The highest BCUT2D eigenvalue weighted by Crippen LogP contribution is 2.29. The number of amides is 1. The number of hydrogen-bond acceptors (Lipinski definition) is 5. The third-order valence-corrected chi connectivity index (χ3v) is 3.35. The number of anilines is 1. The van der Waals surface area contributed by atoms with Crippen molar-refractivity contribution in [1.29, 1.82) is 0 Å². The SMILES string of the molecule is CC(C)=C/C(=C\N(C)C=O)c1ccc([N+](=O)[O-])c(NCCOC(C)C)c1. The van der Waals surface area contributed by atoms with E-state index < -0.39 is 4.92 Å². The second-order valence-corrected chi connectivity index (χ2v) is 6.41. The lowest BCUT2D eigenvalue weighted by Gasteiger charge is -2.13. The average molecular weight is 361 g/mol. The molecule has 1 amide bonds. The molecule has 0 saturated heterocycles. The zero-order valence-corrected chi connectivity index (χ0v) is 16.0. The van der Waals surface area contributed by atoms with Crippen molar-refractivity contribution < 1.29 is 14.5 Å². The van der Waals surface area contributed by atoms with E-state index >= 15 is 0 Å². The molecular weight excluding hydrogens is 334 g/mol. The van der Waals surface area contributed by atoms with E-state index in [2.05, 4.69) is 5.32 Å². The van der Waals surface area contributed by atoms with Gasteiger partial charge in [-0.2, -0.15) is 0 Å². The van der Waals surface area contributed by atoms with Gasteiger partial charge in [-0.05, 0) is 51.0 Å². The van der Waals surface area contributed by atoms with Gasteiger partial charge in [-0.25, -0.2) is 0 Å². The molecule has 0 bridgehead atoms. The third-order valence-electron chi connectivity index (χ3n) is 3.35. The molecule has 26 heavy (non-hydrogen) atoms. The van der Waals surface area contributed by atoms with E-state index in [4.69, 9.17) is 4.74 Å². The summed E-state index contributed by atoms with van der Waals surface area (Å²) in [6.07, 6.45) is 4.41. The Morgan fingerprint density at radius 2 is 2.08 bits per heavy atom. The molecule has 7 nitrogen and oxygen atoms in total. The van der Waals surface area contributed by atoms with Crippen molar-refractivity contribution >= 4 is 23.4 Å². The van der Waals surface area contributed by atoms with Crippen LogP contribution in [0, 0.1) is 10.1 Å². The molecule has 0 aliphatic heterocycles. The van der Waals surface area contributed by atoms with Gasteiger partial charge in [0.2, 0.25) is 6.41 Å². The fraction of sp³-hybridized carbons (Fsp3) is 0.421. The monoisotopic (exact) mass is 361 g/mol. The van der Waals surface area contributed by atoms with Gasteiger partial charge in [0.15, 0.2) is 0 Å². The van der Waals surface area contributed by atoms with Gasteiger partial charge in [0.05, 0.1) is 17.6 Å². The minimum atomic E-state index is -0.419. The number of benzene rings is 1. The molecule has 1 rings (SSSR count). The van der Waals surface area contributed by atoms with Crippen LogP contribution in [0.5, 0.6) is 0 Å². The van der Waals surface area contributed by atoms with Crippen molar-refractivity contribution in [1.82, 2.24) is 4.90 Å². The molecule has 0 aliphatic carbocycles. The van der Waals surface area contributed by atoms with E-state index in [-0.39, 0.29) is 11.8 Å². The highest BCUT2D eigenvalue weighted by Gasteiger charge is 2.15. The van der Waals surface area contributed by atoms with Crippen LogP contribution < -0.4 is 5.32 Å². The van der Waals surface area contributed by atoms with Crippen molar-refractivity contribution in [3.63, 3.8) is 0 Å². The first kappa shape index (κ1) is 21.4. The Labute approximate surface area is 154 Å². The number of carbonyl (C=O) groups is 1. The quantitative estimate of drug-likeness (QED) is 0.225. The molecule has 0 heterocycles. The van der Waals surface area contributed by atoms with Crippen LogP contribution in [0.15, 0.2) is 36.0 Å². The number of ether oxygens (including phenoxy) is 1. The number of hydrogen-bond donors (Lipinski definition) is 1. The molecule has 1 N–H and O–H groups in total. The van der Waals surface area contributed by atoms with Crippen LogP contribution in [0.2, 0.25) is 0 Å². The number of rotatable bonds is 10. The minimum absolute atomic E-state index is 0.00131. The molecule has 0 aliphatic rings. The number of nitrogens with zero attached hydrogens (tertiary/aromatic N) is 2. The predicted octanol–water partition coefficient (Wildman–Crippen LogP) is 3.83. The second-order valence-electron chi connectivity index (χ2n) is 6.41. The smallest absolute Gasteiger partial charge is 0.292 e. The van der Waals surface area contributed by atoms with Gasteiger partial charge in [-0.15, -0.1) is 0 Å². The Hall–Kier alpha value is -2.67. The Morgan fingerprint density at radius 1 is 1.38 bits per heavy atom. The number of nitrogens with one attached hydrogen (secondary N) is 1. The zero-order valence-electron chi connectivity index (χ0n) is 16.0. The molecule has 0 spiro atoms.